The molecule has 3 rings (SSSR count). The third kappa shape index (κ3) is 4.28. The molecule has 2 aromatic rings. The number of hydrogen-bond donors (Lipinski definition) is 1. The van der Waals surface area contributed by atoms with Crippen LogP contribution < -0.4 is 5.32 Å². The normalized spacial score (nSPS) is 18.2. The molecule has 3 heterocycles. The van der Waals surface area contributed by atoms with Crippen molar-refractivity contribution < 1.29 is 9.53 Å². The molecule has 1 amide bonds. The van der Waals surface area contributed by atoms with Crippen LogP contribution in [0.3, 0.4) is 0 Å². The highest BCUT2D eigenvalue weighted by Gasteiger charge is 2.28. The molecule has 7 nitrogen and oxygen atoms in total. The Labute approximate surface area is 151 Å². The summed E-state index contributed by atoms with van der Waals surface area (Å²) in [5.74, 6) is 0.628. The maximum absolute atomic E-state index is 12.3. The molecule has 0 saturated carbocycles. The highest BCUT2D eigenvalue weighted by Crippen LogP contribution is 2.26. The summed E-state index contributed by atoms with van der Waals surface area (Å²) < 4.78 is 5.47. The van der Waals surface area contributed by atoms with E-state index in [4.69, 9.17) is 16.3 Å². The van der Waals surface area contributed by atoms with E-state index in [1.807, 2.05) is 26.8 Å². The summed E-state index contributed by atoms with van der Waals surface area (Å²) in [5.41, 5.74) is -0.499. The molecule has 1 atom stereocenters. The molecule has 1 fully saturated rings. The van der Waals surface area contributed by atoms with E-state index in [2.05, 4.69) is 20.5 Å². The Bertz CT molecular complexity index is 777. The number of pyridine rings is 1. The number of ether oxygens (including phenoxy) is 1. The molecule has 1 aliphatic heterocycles. The Morgan fingerprint density at radius 1 is 1.36 bits per heavy atom. The standard InChI is InChI=1S/C17H22ClN5O2/c1-17(2,3)25-16(24)23-8-4-5-11(10-23)20-15-13-9-19-7-6-12(13)14(18)21-22-15/h6-7,9,11H,4-5,8,10H2,1-3H3,(H,20,22)/t11-/m1/s1. The third-order valence-electron chi connectivity index (χ3n) is 3.95. The van der Waals surface area contributed by atoms with Crippen LogP contribution in [0.5, 0.6) is 0 Å². The van der Waals surface area contributed by atoms with Crippen molar-refractivity contribution in [3.8, 4) is 0 Å². The van der Waals surface area contributed by atoms with E-state index in [-0.39, 0.29) is 12.1 Å². The predicted octanol–water partition coefficient (Wildman–Crippen LogP) is 3.49. The first-order chi connectivity index (χ1) is 11.8. The van der Waals surface area contributed by atoms with Gasteiger partial charge in [-0.1, -0.05) is 11.6 Å². The molecule has 0 unspecified atom stereocenters. The second-order valence-electron chi connectivity index (χ2n) is 7.17. The van der Waals surface area contributed by atoms with Crippen LogP contribution >= 0.6 is 11.6 Å². The van der Waals surface area contributed by atoms with Crippen molar-refractivity contribution in [2.75, 3.05) is 18.4 Å². The molecule has 0 radical (unpaired) electrons. The van der Waals surface area contributed by atoms with Gasteiger partial charge in [-0.15, -0.1) is 10.2 Å². The van der Waals surface area contributed by atoms with Gasteiger partial charge >= 0.3 is 6.09 Å². The van der Waals surface area contributed by atoms with Crippen LogP contribution in [0.2, 0.25) is 5.15 Å². The highest BCUT2D eigenvalue weighted by molar-refractivity contribution is 6.34. The van der Waals surface area contributed by atoms with E-state index < -0.39 is 5.60 Å². The van der Waals surface area contributed by atoms with Gasteiger partial charge in [-0.25, -0.2) is 4.79 Å². The van der Waals surface area contributed by atoms with Crippen LogP contribution in [0, 0.1) is 0 Å². The van der Waals surface area contributed by atoms with Gasteiger partial charge in [0.15, 0.2) is 11.0 Å². The number of nitrogens with one attached hydrogen (secondary N) is 1. The first-order valence-corrected chi connectivity index (χ1v) is 8.71. The van der Waals surface area contributed by atoms with Crippen molar-refractivity contribution in [3.05, 3.63) is 23.6 Å². The van der Waals surface area contributed by atoms with Crippen molar-refractivity contribution in [1.82, 2.24) is 20.1 Å². The van der Waals surface area contributed by atoms with Gasteiger partial charge < -0.3 is 15.0 Å². The number of rotatable bonds is 2. The maximum Gasteiger partial charge on any atom is 0.410 e. The molecule has 0 aromatic carbocycles. The number of likely N-dealkylation sites (tertiary alicyclic amines) is 1. The number of nitrogens with zero attached hydrogens (tertiary/aromatic N) is 4. The van der Waals surface area contributed by atoms with E-state index >= 15 is 0 Å². The van der Waals surface area contributed by atoms with E-state index in [0.29, 0.717) is 24.1 Å². The zero-order valence-corrected chi connectivity index (χ0v) is 15.4. The lowest BCUT2D eigenvalue weighted by Crippen LogP contribution is -2.47. The molecule has 0 spiro atoms. The minimum absolute atomic E-state index is 0.0696. The van der Waals surface area contributed by atoms with Crippen LogP contribution in [0.15, 0.2) is 18.5 Å². The Kier molecular flexibility index (Phi) is 4.94. The summed E-state index contributed by atoms with van der Waals surface area (Å²) in [6.45, 7) is 6.86. The molecule has 1 saturated heterocycles. The summed E-state index contributed by atoms with van der Waals surface area (Å²) in [5, 5.41) is 13.5. The maximum atomic E-state index is 12.3. The number of halogens is 1. The topological polar surface area (TPSA) is 80.2 Å². The largest absolute Gasteiger partial charge is 0.444 e. The lowest BCUT2D eigenvalue weighted by molar-refractivity contribution is 0.0206. The van der Waals surface area contributed by atoms with Crippen molar-refractivity contribution in [2.24, 2.45) is 0 Å². The average molecular weight is 364 g/mol. The fourth-order valence-corrected chi connectivity index (χ4v) is 3.05. The van der Waals surface area contributed by atoms with Gasteiger partial charge in [0.2, 0.25) is 0 Å². The van der Waals surface area contributed by atoms with Gasteiger partial charge in [0.1, 0.15) is 5.60 Å². The van der Waals surface area contributed by atoms with E-state index in [1.54, 1.807) is 17.3 Å². The molecular weight excluding hydrogens is 342 g/mol. The minimum Gasteiger partial charge on any atom is -0.444 e. The van der Waals surface area contributed by atoms with Crippen molar-refractivity contribution in [3.63, 3.8) is 0 Å². The zero-order valence-electron chi connectivity index (χ0n) is 14.6. The Morgan fingerprint density at radius 3 is 2.92 bits per heavy atom. The van der Waals surface area contributed by atoms with Crippen LogP contribution in [0.4, 0.5) is 10.6 Å². The smallest absolute Gasteiger partial charge is 0.410 e. The van der Waals surface area contributed by atoms with Crippen LogP contribution in [0.1, 0.15) is 33.6 Å². The van der Waals surface area contributed by atoms with E-state index in [1.165, 1.54) is 0 Å². The van der Waals surface area contributed by atoms with Crippen molar-refractivity contribution in [2.45, 2.75) is 45.3 Å². The molecule has 0 bridgehead atoms. The number of hydrogen-bond acceptors (Lipinski definition) is 6. The summed E-state index contributed by atoms with van der Waals surface area (Å²) >= 11 is 6.10. The number of anilines is 1. The quantitative estimate of drug-likeness (QED) is 0.879. The molecule has 2 aromatic heterocycles. The van der Waals surface area contributed by atoms with Crippen LogP contribution in [-0.4, -0.2) is 50.9 Å². The SMILES string of the molecule is CC(C)(C)OC(=O)N1CCC[C@@H](Nc2nnc(Cl)c3ccncc23)C1. The fraction of sp³-hybridized carbons (Fsp3) is 0.529. The van der Waals surface area contributed by atoms with E-state index in [0.717, 1.165) is 23.6 Å². The number of aromatic nitrogens is 3. The van der Waals surface area contributed by atoms with Gasteiger partial charge in [0.25, 0.3) is 0 Å². The summed E-state index contributed by atoms with van der Waals surface area (Å²) in [6.07, 6.45) is 4.93. The molecule has 134 valence electrons. The van der Waals surface area contributed by atoms with Gasteiger partial charge in [0, 0.05) is 42.3 Å². The molecule has 0 aliphatic carbocycles. The van der Waals surface area contributed by atoms with E-state index in [9.17, 15) is 4.79 Å². The molecular formula is C17H22ClN5O2. The zero-order chi connectivity index (χ0) is 18.0. The van der Waals surface area contributed by atoms with Crippen LogP contribution in [-0.2, 0) is 4.74 Å². The minimum atomic E-state index is -0.499. The van der Waals surface area contributed by atoms with Gasteiger partial charge in [-0.3, -0.25) is 4.98 Å². The fourth-order valence-electron chi connectivity index (χ4n) is 2.85. The third-order valence-corrected chi connectivity index (χ3v) is 4.23. The monoisotopic (exact) mass is 363 g/mol. The first kappa shape index (κ1) is 17.7. The summed E-state index contributed by atoms with van der Waals surface area (Å²) in [6, 6.07) is 1.88. The number of amides is 1. The van der Waals surface area contributed by atoms with Crippen LogP contribution in [0.25, 0.3) is 10.8 Å². The Morgan fingerprint density at radius 2 is 2.16 bits per heavy atom. The van der Waals surface area contributed by atoms with Gasteiger partial charge in [-0.05, 0) is 39.7 Å². The Hall–Kier alpha value is -2.15. The molecule has 1 N–H and O–H groups in total. The first-order valence-electron chi connectivity index (χ1n) is 8.34. The molecule has 25 heavy (non-hydrogen) atoms. The average Bonchev–Trinajstić information content (AvgIpc) is 2.56. The van der Waals surface area contributed by atoms with Gasteiger partial charge in [-0.2, -0.15) is 0 Å². The second-order valence-corrected chi connectivity index (χ2v) is 7.53. The predicted molar refractivity (Wildman–Crippen MR) is 96.8 cm³/mol. The van der Waals surface area contributed by atoms with Crippen molar-refractivity contribution >= 4 is 34.3 Å². The number of carbonyl (C=O) groups excluding carboxylic acids is 1. The number of piperidine rings is 1. The van der Waals surface area contributed by atoms with Crippen molar-refractivity contribution in [1.29, 1.82) is 0 Å². The van der Waals surface area contributed by atoms with Gasteiger partial charge in [0.05, 0.1) is 0 Å². The number of fused-ring (bicyclic) bond motifs is 1. The molecule has 8 heteroatoms. The summed E-state index contributed by atoms with van der Waals surface area (Å²) in [4.78, 5) is 18.2. The highest BCUT2D eigenvalue weighted by atomic mass is 35.5. The lowest BCUT2D eigenvalue weighted by Gasteiger charge is -2.34. The molecule has 1 aliphatic rings. The lowest BCUT2D eigenvalue weighted by atomic mass is 10.1. The second kappa shape index (κ2) is 7.00. The summed E-state index contributed by atoms with van der Waals surface area (Å²) in [7, 11) is 0. The number of carbonyl (C=O) groups is 1. The Balaban J connectivity index is 1.73.